The largest absolute Gasteiger partial charge is 0.380 e. The van der Waals surface area contributed by atoms with Gasteiger partial charge in [-0.2, -0.15) is 10.5 Å². The summed E-state index contributed by atoms with van der Waals surface area (Å²) < 4.78 is 0. The summed E-state index contributed by atoms with van der Waals surface area (Å²) in [5.74, 6) is 0. The summed E-state index contributed by atoms with van der Waals surface area (Å²) in [6, 6.07) is 9.31. The molecule has 0 bridgehead atoms. The highest BCUT2D eigenvalue weighted by Crippen LogP contribution is 2.22. The fourth-order valence-electron chi connectivity index (χ4n) is 1.36. The van der Waals surface area contributed by atoms with Crippen LogP contribution in [0.3, 0.4) is 0 Å². The second-order valence-electron chi connectivity index (χ2n) is 3.41. The maximum atomic E-state index is 8.93. The molecule has 0 saturated heterocycles. The average Bonchev–Trinajstić information content (AvgIpc) is 2.29. The van der Waals surface area contributed by atoms with Crippen LogP contribution < -0.4 is 5.32 Å². The lowest BCUT2D eigenvalue weighted by Gasteiger charge is -2.16. The van der Waals surface area contributed by atoms with Gasteiger partial charge in [0.15, 0.2) is 0 Å². The molecular weight excluding hydrogens is 222 g/mol. The molecule has 1 aromatic rings. The van der Waals surface area contributed by atoms with E-state index in [1.54, 1.807) is 18.2 Å². The summed E-state index contributed by atoms with van der Waals surface area (Å²) in [7, 11) is 0. The maximum absolute atomic E-state index is 8.93. The van der Waals surface area contributed by atoms with Crippen LogP contribution in [0.4, 0.5) is 5.69 Å². The number of hydrogen-bond donors (Lipinski definition) is 1. The second-order valence-corrected chi connectivity index (χ2v) is 3.85. The summed E-state index contributed by atoms with van der Waals surface area (Å²) >= 11 is 5.86. The predicted molar refractivity (Wildman–Crippen MR) is 64.1 cm³/mol. The van der Waals surface area contributed by atoms with Gasteiger partial charge in [-0.15, -0.1) is 0 Å². The number of rotatable bonds is 4. The van der Waals surface area contributed by atoms with Gasteiger partial charge in [0.2, 0.25) is 0 Å². The second kappa shape index (κ2) is 6.00. The fourth-order valence-corrected chi connectivity index (χ4v) is 1.53. The molecule has 1 N–H and O–H groups in total. The molecule has 0 radical (unpaired) electrons. The molecule has 0 spiro atoms. The number of nitriles is 2. The molecule has 4 heteroatoms. The molecule has 1 rings (SSSR count). The van der Waals surface area contributed by atoms with Crippen LogP contribution in [0.25, 0.3) is 0 Å². The van der Waals surface area contributed by atoms with Crippen molar-refractivity contribution in [2.24, 2.45) is 0 Å². The molecular formula is C12H12ClN3. The van der Waals surface area contributed by atoms with Crippen LogP contribution in [-0.4, -0.2) is 6.04 Å². The van der Waals surface area contributed by atoms with Gasteiger partial charge in [-0.05, 0) is 24.6 Å². The number of halogens is 1. The molecule has 3 nitrogen and oxygen atoms in total. The van der Waals surface area contributed by atoms with E-state index in [2.05, 4.69) is 17.5 Å². The van der Waals surface area contributed by atoms with E-state index in [0.717, 1.165) is 6.42 Å². The Kier molecular flexibility index (Phi) is 4.64. The predicted octanol–water partition coefficient (Wildman–Crippen LogP) is 3.32. The number of hydrogen-bond acceptors (Lipinski definition) is 3. The summed E-state index contributed by atoms with van der Waals surface area (Å²) in [6.07, 6.45) is 1.23. The SMILES string of the molecule is CCC(CC#N)Nc1cc(Cl)ccc1C#N. The van der Waals surface area contributed by atoms with Crippen LogP contribution in [0.2, 0.25) is 5.02 Å². The lowest BCUT2D eigenvalue weighted by Crippen LogP contribution is -2.18. The Morgan fingerprint density at radius 2 is 2.19 bits per heavy atom. The lowest BCUT2D eigenvalue weighted by molar-refractivity contribution is 0.711. The first-order chi connectivity index (χ1) is 7.71. The Morgan fingerprint density at radius 1 is 1.44 bits per heavy atom. The molecule has 0 amide bonds. The monoisotopic (exact) mass is 233 g/mol. The van der Waals surface area contributed by atoms with Crippen LogP contribution in [0.5, 0.6) is 0 Å². The molecule has 1 atom stereocenters. The quantitative estimate of drug-likeness (QED) is 0.868. The van der Waals surface area contributed by atoms with Gasteiger partial charge >= 0.3 is 0 Å². The van der Waals surface area contributed by atoms with E-state index < -0.39 is 0 Å². The summed E-state index contributed by atoms with van der Waals surface area (Å²) in [5.41, 5.74) is 1.23. The Balaban J connectivity index is 2.91. The van der Waals surface area contributed by atoms with Crippen molar-refractivity contribution in [2.75, 3.05) is 5.32 Å². The first-order valence-electron chi connectivity index (χ1n) is 5.04. The van der Waals surface area contributed by atoms with Crippen LogP contribution in [0, 0.1) is 22.7 Å². The highest BCUT2D eigenvalue weighted by Gasteiger charge is 2.09. The number of nitrogens with one attached hydrogen (secondary N) is 1. The molecule has 0 aliphatic rings. The zero-order valence-electron chi connectivity index (χ0n) is 9.00. The summed E-state index contributed by atoms with van der Waals surface area (Å²) in [5, 5.41) is 21.3. The first-order valence-corrected chi connectivity index (χ1v) is 5.42. The molecule has 16 heavy (non-hydrogen) atoms. The molecule has 0 heterocycles. The molecule has 1 unspecified atom stereocenters. The van der Waals surface area contributed by atoms with E-state index in [-0.39, 0.29) is 6.04 Å². The van der Waals surface area contributed by atoms with E-state index in [1.807, 2.05) is 6.92 Å². The number of nitrogens with zero attached hydrogens (tertiary/aromatic N) is 2. The number of anilines is 1. The van der Waals surface area contributed by atoms with Crippen LogP contribution in [0.1, 0.15) is 25.3 Å². The molecule has 0 aliphatic heterocycles. The highest BCUT2D eigenvalue weighted by atomic mass is 35.5. The smallest absolute Gasteiger partial charge is 0.101 e. The third kappa shape index (κ3) is 3.15. The van der Waals surface area contributed by atoms with Crippen LogP contribution in [0.15, 0.2) is 18.2 Å². The van der Waals surface area contributed by atoms with Crippen LogP contribution >= 0.6 is 11.6 Å². The van der Waals surface area contributed by atoms with Crippen molar-refractivity contribution in [1.82, 2.24) is 0 Å². The van der Waals surface area contributed by atoms with Crippen molar-refractivity contribution in [2.45, 2.75) is 25.8 Å². The zero-order chi connectivity index (χ0) is 12.0. The lowest BCUT2D eigenvalue weighted by atomic mass is 10.1. The van der Waals surface area contributed by atoms with Crippen molar-refractivity contribution >= 4 is 17.3 Å². The number of benzene rings is 1. The molecule has 0 aromatic heterocycles. The van der Waals surface area contributed by atoms with Crippen molar-refractivity contribution in [3.05, 3.63) is 28.8 Å². The normalized spacial score (nSPS) is 11.2. The minimum Gasteiger partial charge on any atom is -0.380 e. The van der Waals surface area contributed by atoms with Crippen molar-refractivity contribution in [3.63, 3.8) is 0 Å². The van der Waals surface area contributed by atoms with Gasteiger partial charge < -0.3 is 5.32 Å². The van der Waals surface area contributed by atoms with E-state index in [0.29, 0.717) is 22.7 Å². The minimum absolute atomic E-state index is 0.0515. The molecule has 0 aliphatic carbocycles. The van der Waals surface area contributed by atoms with Crippen LogP contribution in [-0.2, 0) is 0 Å². The van der Waals surface area contributed by atoms with Gasteiger partial charge in [-0.3, -0.25) is 0 Å². The maximum Gasteiger partial charge on any atom is 0.101 e. The molecule has 0 saturated carbocycles. The standard InChI is InChI=1S/C12H12ClN3/c1-2-11(5-6-14)16-12-7-10(13)4-3-9(12)8-15/h3-4,7,11,16H,2,5H2,1H3. The van der Waals surface area contributed by atoms with Gasteiger partial charge in [0.25, 0.3) is 0 Å². The highest BCUT2D eigenvalue weighted by molar-refractivity contribution is 6.30. The van der Waals surface area contributed by atoms with Crippen molar-refractivity contribution in [1.29, 1.82) is 10.5 Å². The first kappa shape index (κ1) is 12.4. The third-order valence-electron chi connectivity index (χ3n) is 2.29. The molecule has 0 fully saturated rings. The Labute approximate surface area is 100 Å². The molecule has 82 valence electrons. The third-order valence-corrected chi connectivity index (χ3v) is 2.53. The van der Waals surface area contributed by atoms with Gasteiger partial charge in [-0.1, -0.05) is 18.5 Å². The Morgan fingerprint density at radius 3 is 2.75 bits per heavy atom. The van der Waals surface area contributed by atoms with Crippen molar-refractivity contribution in [3.8, 4) is 12.1 Å². The van der Waals surface area contributed by atoms with Crippen molar-refractivity contribution < 1.29 is 0 Å². The fraction of sp³-hybridized carbons (Fsp3) is 0.333. The van der Waals surface area contributed by atoms with Gasteiger partial charge in [0, 0.05) is 11.1 Å². The minimum atomic E-state index is 0.0515. The van der Waals surface area contributed by atoms with E-state index in [9.17, 15) is 0 Å². The summed E-state index contributed by atoms with van der Waals surface area (Å²) in [6.45, 7) is 1.99. The van der Waals surface area contributed by atoms with E-state index in [1.165, 1.54) is 0 Å². The van der Waals surface area contributed by atoms with Gasteiger partial charge in [-0.25, -0.2) is 0 Å². The molecule has 1 aromatic carbocycles. The Bertz CT molecular complexity index is 443. The van der Waals surface area contributed by atoms with E-state index in [4.69, 9.17) is 22.1 Å². The topological polar surface area (TPSA) is 59.6 Å². The Hall–Kier alpha value is -1.71. The van der Waals surface area contributed by atoms with Gasteiger partial charge in [0.1, 0.15) is 6.07 Å². The van der Waals surface area contributed by atoms with Gasteiger partial charge in [0.05, 0.1) is 23.7 Å². The average molecular weight is 234 g/mol. The zero-order valence-corrected chi connectivity index (χ0v) is 9.75. The van der Waals surface area contributed by atoms with E-state index >= 15 is 0 Å². The summed E-state index contributed by atoms with van der Waals surface area (Å²) in [4.78, 5) is 0.